The van der Waals surface area contributed by atoms with Gasteiger partial charge < -0.3 is 10.1 Å². The highest BCUT2D eigenvalue weighted by atomic mass is 16.5. The van der Waals surface area contributed by atoms with E-state index in [4.69, 9.17) is 4.74 Å². The van der Waals surface area contributed by atoms with E-state index < -0.39 is 0 Å². The van der Waals surface area contributed by atoms with Crippen LogP contribution in [0.3, 0.4) is 0 Å². The Labute approximate surface area is 126 Å². The summed E-state index contributed by atoms with van der Waals surface area (Å²) in [5.41, 5.74) is 2.08. The Balaban J connectivity index is 1.96. The molecule has 2 rings (SSSR count). The average molecular weight is 288 g/mol. The van der Waals surface area contributed by atoms with Crippen molar-refractivity contribution >= 4 is 0 Å². The smallest absolute Gasteiger partial charge is 0.124 e. The number of nitrogens with zero attached hydrogens (tertiary/aromatic N) is 3. The maximum atomic E-state index is 5.63. The summed E-state index contributed by atoms with van der Waals surface area (Å²) >= 11 is 0. The highest BCUT2D eigenvalue weighted by Crippen LogP contribution is 2.18. The first-order valence-corrected chi connectivity index (χ1v) is 7.49. The molecule has 0 fully saturated rings. The van der Waals surface area contributed by atoms with Gasteiger partial charge in [0.2, 0.25) is 0 Å². The number of hydrogen-bond acceptors (Lipinski definition) is 4. The lowest BCUT2D eigenvalue weighted by atomic mass is 10.2. The number of aromatic nitrogens is 3. The summed E-state index contributed by atoms with van der Waals surface area (Å²) in [5.74, 6) is 1.55. The van der Waals surface area contributed by atoms with Gasteiger partial charge in [0, 0.05) is 12.1 Å². The molecule has 114 valence electrons. The molecule has 0 saturated carbocycles. The molecule has 1 aromatic heterocycles. The fraction of sp³-hybridized carbons (Fsp3) is 0.500. The second kappa shape index (κ2) is 7.78. The van der Waals surface area contributed by atoms with Crippen molar-refractivity contribution < 1.29 is 4.74 Å². The monoisotopic (exact) mass is 288 g/mol. The third-order valence-corrected chi connectivity index (χ3v) is 3.05. The highest BCUT2D eigenvalue weighted by molar-refractivity contribution is 5.33. The molecule has 0 unspecified atom stereocenters. The van der Waals surface area contributed by atoms with Gasteiger partial charge in [-0.25, -0.2) is 4.68 Å². The van der Waals surface area contributed by atoms with E-state index in [9.17, 15) is 0 Å². The van der Waals surface area contributed by atoms with Crippen molar-refractivity contribution in [2.45, 2.75) is 33.9 Å². The minimum absolute atomic E-state index is 0.637. The molecule has 0 bridgehead atoms. The standard InChI is InChI=1S/C16H24N4O/c1-4-21-16-8-6-5-7-14(16)11-20-12-15(18-19-20)10-17-9-13(2)3/h5-8,12-13,17H,4,9-11H2,1-3H3. The van der Waals surface area contributed by atoms with Crippen molar-refractivity contribution in [3.05, 3.63) is 41.7 Å². The molecule has 2 aromatic rings. The lowest BCUT2D eigenvalue weighted by Crippen LogP contribution is -2.19. The van der Waals surface area contributed by atoms with Crippen LogP contribution in [0.5, 0.6) is 5.75 Å². The summed E-state index contributed by atoms with van der Waals surface area (Å²) in [6.07, 6.45) is 1.98. The molecular formula is C16H24N4O. The third-order valence-electron chi connectivity index (χ3n) is 3.05. The van der Waals surface area contributed by atoms with Crippen LogP contribution in [-0.2, 0) is 13.1 Å². The maximum Gasteiger partial charge on any atom is 0.124 e. The van der Waals surface area contributed by atoms with E-state index in [1.54, 1.807) is 0 Å². The summed E-state index contributed by atoms with van der Waals surface area (Å²) in [4.78, 5) is 0. The zero-order valence-electron chi connectivity index (χ0n) is 13.0. The number of ether oxygens (including phenoxy) is 1. The molecule has 0 atom stereocenters. The van der Waals surface area contributed by atoms with Gasteiger partial charge in [-0.3, -0.25) is 0 Å². The number of hydrogen-bond donors (Lipinski definition) is 1. The van der Waals surface area contributed by atoms with Gasteiger partial charge >= 0.3 is 0 Å². The summed E-state index contributed by atoms with van der Waals surface area (Å²) in [6.45, 7) is 9.45. The maximum absolute atomic E-state index is 5.63. The Morgan fingerprint density at radius 1 is 1.29 bits per heavy atom. The number of benzene rings is 1. The largest absolute Gasteiger partial charge is 0.494 e. The van der Waals surface area contributed by atoms with Gasteiger partial charge in [0.05, 0.1) is 25.0 Å². The van der Waals surface area contributed by atoms with E-state index in [1.807, 2.05) is 36.0 Å². The van der Waals surface area contributed by atoms with Gasteiger partial charge in [-0.2, -0.15) is 0 Å². The molecule has 5 heteroatoms. The van der Waals surface area contributed by atoms with Gasteiger partial charge in [0.15, 0.2) is 0 Å². The third kappa shape index (κ3) is 4.86. The van der Waals surface area contributed by atoms with Crippen LogP contribution in [-0.4, -0.2) is 28.1 Å². The van der Waals surface area contributed by atoms with Crippen LogP contribution in [0.1, 0.15) is 32.0 Å². The molecule has 1 aromatic carbocycles. The van der Waals surface area contributed by atoms with Crippen LogP contribution in [0.25, 0.3) is 0 Å². The summed E-state index contributed by atoms with van der Waals surface area (Å²) in [6, 6.07) is 8.04. The van der Waals surface area contributed by atoms with Crippen LogP contribution >= 0.6 is 0 Å². The number of rotatable bonds is 8. The SMILES string of the molecule is CCOc1ccccc1Cn1cc(CNCC(C)C)nn1. The van der Waals surface area contributed by atoms with Crippen molar-refractivity contribution in [2.75, 3.05) is 13.2 Å². The second-order valence-corrected chi connectivity index (χ2v) is 5.47. The van der Waals surface area contributed by atoms with E-state index in [0.717, 1.165) is 30.1 Å². The highest BCUT2D eigenvalue weighted by Gasteiger charge is 2.06. The van der Waals surface area contributed by atoms with E-state index >= 15 is 0 Å². The molecule has 1 heterocycles. The van der Waals surface area contributed by atoms with Crippen LogP contribution in [0.2, 0.25) is 0 Å². The molecule has 0 spiro atoms. The molecule has 0 amide bonds. The predicted octanol–water partition coefficient (Wildman–Crippen LogP) is 2.47. The fourth-order valence-corrected chi connectivity index (χ4v) is 2.09. The normalized spacial score (nSPS) is 11.0. The van der Waals surface area contributed by atoms with Gasteiger partial charge in [0.25, 0.3) is 0 Å². The first kappa shape index (κ1) is 15.5. The van der Waals surface area contributed by atoms with Crippen LogP contribution in [0.4, 0.5) is 0 Å². The number of para-hydroxylation sites is 1. The van der Waals surface area contributed by atoms with E-state index in [0.29, 0.717) is 19.1 Å². The van der Waals surface area contributed by atoms with Crippen molar-refractivity contribution in [2.24, 2.45) is 5.92 Å². The van der Waals surface area contributed by atoms with E-state index in [-0.39, 0.29) is 0 Å². The van der Waals surface area contributed by atoms with Crippen molar-refractivity contribution in [1.29, 1.82) is 0 Å². The van der Waals surface area contributed by atoms with Gasteiger partial charge in [0.1, 0.15) is 5.75 Å². The predicted molar refractivity (Wildman–Crippen MR) is 83.3 cm³/mol. The lowest BCUT2D eigenvalue weighted by molar-refractivity contribution is 0.335. The molecule has 5 nitrogen and oxygen atoms in total. The summed E-state index contributed by atoms with van der Waals surface area (Å²) in [5, 5.41) is 11.7. The van der Waals surface area contributed by atoms with Gasteiger partial charge in [-0.05, 0) is 25.5 Å². The molecule has 0 saturated heterocycles. The molecule has 0 radical (unpaired) electrons. The zero-order chi connectivity index (χ0) is 15.1. The molecule has 0 aliphatic heterocycles. The Morgan fingerprint density at radius 2 is 2.10 bits per heavy atom. The van der Waals surface area contributed by atoms with E-state index in [1.165, 1.54) is 0 Å². The average Bonchev–Trinajstić information content (AvgIpc) is 2.88. The number of nitrogens with one attached hydrogen (secondary N) is 1. The summed E-state index contributed by atoms with van der Waals surface area (Å²) in [7, 11) is 0. The molecule has 0 aliphatic carbocycles. The van der Waals surface area contributed by atoms with Crippen LogP contribution < -0.4 is 10.1 Å². The van der Waals surface area contributed by atoms with Crippen molar-refractivity contribution in [3.8, 4) is 5.75 Å². The first-order chi connectivity index (χ1) is 10.2. The Kier molecular flexibility index (Phi) is 5.75. The Morgan fingerprint density at radius 3 is 2.86 bits per heavy atom. The molecule has 21 heavy (non-hydrogen) atoms. The molecular weight excluding hydrogens is 264 g/mol. The molecule has 0 aliphatic rings. The van der Waals surface area contributed by atoms with Crippen molar-refractivity contribution in [3.63, 3.8) is 0 Å². The first-order valence-electron chi connectivity index (χ1n) is 7.49. The quantitative estimate of drug-likeness (QED) is 0.811. The Hall–Kier alpha value is -1.88. The minimum Gasteiger partial charge on any atom is -0.494 e. The van der Waals surface area contributed by atoms with Crippen LogP contribution in [0, 0.1) is 5.92 Å². The fourth-order valence-electron chi connectivity index (χ4n) is 2.09. The Bertz CT molecular complexity index is 551. The zero-order valence-corrected chi connectivity index (χ0v) is 13.0. The van der Waals surface area contributed by atoms with Gasteiger partial charge in [-0.15, -0.1) is 5.10 Å². The summed E-state index contributed by atoms with van der Waals surface area (Å²) < 4.78 is 7.48. The van der Waals surface area contributed by atoms with E-state index in [2.05, 4.69) is 35.5 Å². The lowest BCUT2D eigenvalue weighted by Gasteiger charge is -2.09. The topological polar surface area (TPSA) is 52.0 Å². The van der Waals surface area contributed by atoms with Crippen molar-refractivity contribution in [1.82, 2.24) is 20.3 Å². The van der Waals surface area contributed by atoms with Crippen LogP contribution in [0.15, 0.2) is 30.5 Å². The minimum atomic E-state index is 0.637. The molecule has 1 N–H and O–H groups in total. The van der Waals surface area contributed by atoms with Gasteiger partial charge in [-0.1, -0.05) is 37.3 Å². The second-order valence-electron chi connectivity index (χ2n) is 5.47.